The predicted octanol–water partition coefficient (Wildman–Crippen LogP) is 1.24. The number of nitrogens with one attached hydrogen (secondary N) is 2. The van der Waals surface area contributed by atoms with Gasteiger partial charge in [-0.15, -0.1) is 6.58 Å². The van der Waals surface area contributed by atoms with Gasteiger partial charge in [-0.2, -0.15) is 0 Å². The summed E-state index contributed by atoms with van der Waals surface area (Å²) in [6.45, 7) is 13.7. The Morgan fingerprint density at radius 3 is 2.38 bits per heavy atom. The van der Waals surface area contributed by atoms with Gasteiger partial charge in [-0.1, -0.05) is 13.0 Å². The summed E-state index contributed by atoms with van der Waals surface area (Å²) in [6, 6.07) is -0.615. The average Bonchev–Trinajstić information content (AvgIpc) is 2.80. The number of amides is 2. The Labute approximate surface area is 156 Å². The summed E-state index contributed by atoms with van der Waals surface area (Å²) in [5, 5.41) is 5.83. The zero-order valence-corrected chi connectivity index (χ0v) is 16.8. The highest BCUT2D eigenvalue weighted by Crippen LogP contribution is 2.38. The maximum Gasteiger partial charge on any atom is 0.323 e. The smallest absolute Gasteiger partial charge is 0.323 e. The van der Waals surface area contributed by atoms with E-state index in [0.29, 0.717) is 13.0 Å². The van der Waals surface area contributed by atoms with Crippen molar-refractivity contribution in [2.24, 2.45) is 5.92 Å². The van der Waals surface area contributed by atoms with Crippen LogP contribution in [0, 0.1) is 5.92 Å². The molecule has 7 heteroatoms. The fourth-order valence-corrected chi connectivity index (χ4v) is 3.70. The van der Waals surface area contributed by atoms with Gasteiger partial charge in [0.1, 0.15) is 11.6 Å². The lowest BCUT2D eigenvalue weighted by atomic mass is 9.79. The number of carbonyl (C=O) groups is 3. The molecule has 3 atom stereocenters. The van der Waals surface area contributed by atoms with Crippen molar-refractivity contribution in [2.45, 2.75) is 64.6 Å². The molecule has 148 valence electrons. The molecule has 2 N–H and O–H groups in total. The van der Waals surface area contributed by atoms with Crippen LogP contribution in [0.15, 0.2) is 12.7 Å². The Morgan fingerprint density at radius 2 is 1.96 bits per heavy atom. The highest BCUT2D eigenvalue weighted by Gasteiger charge is 2.59. The maximum atomic E-state index is 13.3. The molecule has 2 amide bonds. The summed E-state index contributed by atoms with van der Waals surface area (Å²) in [7, 11) is 1.34. The number of rotatable bonds is 7. The van der Waals surface area contributed by atoms with Crippen molar-refractivity contribution in [2.75, 3.05) is 20.2 Å². The summed E-state index contributed by atoms with van der Waals surface area (Å²) in [5.74, 6) is -1.48. The van der Waals surface area contributed by atoms with Crippen LogP contribution in [0.3, 0.4) is 0 Å². The van der Waals surface area contributed by atoms with Crippen LogP contribution in [0.4, 0.5) is 0 Å². The number of nitrogens with zero attached hydrogens (tertiary/aromatic N) is 1. The largest absolute Gasteiger partial charge is 0.468 e. The van der Waals surface area contributed by atoms with E-state index in [-0.39, 0.29) is 18.4 Å². The molecule has 0 aromatic carbocycles. The van der Waals surface area contributed by atoms with Gasteiger partial charge in [0.05, 0.1) is 7.11 Å². The molecular weight excluding hydrogens is 334 g/mol. The van der Waals surface area contributed by atoms with Crippen LogP contribution in [-0.2, 0) is 19.1 Å². The second-order valence-electron chi connectivity index (χ2n) is 7.93. The SMILES string of the molecule is C=CCC1[C@@H](C(=O)OC)N(CCC)CC1(NC(C)=O)C(=O)NC(C)(C)C. The first-order valence-electron chi connectivity index (χ1n) is 9.06. The lowest BCUT2D eigenvalue weighted by Gasteiger charge is -2.37. The van der Waals surface area contributed by atoms with E-state index in [2.05, 4.69) is 17.2 Å². The van der Waals surface area contributed by atoms with E-state index in [1.165, 1.54) is 14.0 Å². The second kappa shape index (κ2) is 8.66. The van der Waals surface area contributed by atoms with Crippen molar-refractivity contribution in [1.29, 1.82) is 0 Å². The van der Waals surface area contributed by atoms with E-state index < -0.39 is 29.0 Å². The van der Waals surface area contributed by atoms with Crippen LogP contribution in [0.25, 0.3) is 0 Å². The van der Waals surface area contributed by atoms with Crippen LogP contribution in [0.2, 0.25) is 0 Å². The van der Waals surface area contributed by atoms with Gasteiger partial charge in [-0.25, -0.2) is 0 Å². The zero-order chi connectivity index (χ0) is 20.1. The summed E-state index contributed by atoms with van der Waals surface area (Å²) < 4.78 is 5.01. The Bertz CT molecular complexity index is 555. The summed E-state index contributed by atoms with van der Waals surface area (Å²) in [5.41, 5.74) is -1.69. The molecule has 2 unspecified atom stereocenters. The molecular formula is C19H33N3O4. The molecule has 0 bridgehead atoms. The van der Waals surface area contributed by atoms with Gasteiger partial charge < -0.3 is 15.4 Å². The fraction of sp³-hybridized carbons (Fsp3) is 0.737. The van der Waals surface area contributed by atoms with Crippen molar-refractivity contribution in [3.05, 3.63) is 12.7 Å². The average molecular weight is 367 g/mol. The van der Waals surface area contributed by atoms with Crippen LogP contribution in [-0.4, -0.2) is 60.0 Å². The Morgan fingerprint density at radius 1 is 1.35 bits per heavy atom. The molecule has 1 fully saturated rings. The van der Waals surface area contributed by atoms with Gasteiger partial charge in [0, 0.05) is 24.9 Å². The minimum atomic E-state index is -1.22. The number of likely N-dealkylation sites (tertiary alicyclic amines) is 1. The molecule has 0 aliphatic carbocycles. The monoisotopic (exact) mass is 367 g/mol. The van der Waals surface area contributed by atoms with Gasteiger partial charge >= 0.3 is 5.97 Å². The van der Waals surface area contributed by atoms with Crippen LogP contribution < -0.4 is 10.6 Å². The van der Waals surface area contributed by atoms with Crippen LogP contribution in [0.1, 0.15) is 47.5 Å². The minimum Gasteiger partial charge on any atom is -0.468 e. The zero-order valence-electron chi connectivity index (χ0n) is 16.8. The molecule has 7 nitrogen and oxygen atoms in total. The second-order valence-corrected chi connectivity index (χ2v) is 7.93. The quantitative estimate of drug-likeness (QED) is 0.522. The highest BCUT2D eigenvalue weighted by atomic mass is 16.5. The highest BCUT2D eigenvalue weighted by molar-refractivity contribution is 5.94. The molecule has 0 radical (unpaired) electrons. The van der Waals surface area contributed by atoms with Gasteiger partial charge in [-0.3, -0.25) is 19.3 Å². The molecule has 0 saturated carbocycles. The summed E-state index contributed by atoms with van der Waals surface area (Å²) >= 11 is 0. The van der Waals surface area contributed by atoms with Crippen molar-refractivity contribution in [1.82, 2.24) is 15.5 Å². The Kier molecular flexibility index (Phi) is 7.38. The lowest BCUT2D eigenvalue weighted by molar-refractivity contribution is -0.147. The molecule has 0 aromatic heterocycles. The van der Waals surface area contributed by atoms with E-state index in [0.717, 1.165) is 6.42 Å². The standard InChI is InChI=1S/C19H33N3O4/c1-8-10-14-15(16(24)26-7)22(11-9-2)12-19(14,20-13(3)23)17(25)21-18(4,5)6/h8,14-15H,1,9-12H2,2-7H3,(H,20,23)(H,21,25)/t14?,15-,19?/m0/s1. The van der Waals surface area contributed by atoms with E-state index >= 15 is 0 Å². The molecule has 1 heterocycles. The third-order valence-corrected chi connectivity index (χ3v) is 4.53. The van der Waals surface area contributed by atoms with Crippen molar-refractivity contribution in [3.63, 3.8) is 0 Å². The number of ether oxygens (including phenoxy) is 1. The van der Waals surface area contributed by atoms with E-state index in [1.807, 2.05) is 32.6 Å². The normalized spacial score (nSPS) is 26.2. The van der Waals surface area contributed by atoms with E-state index in [1.54, 1.807) is 6.08 Å². The first kappa shape index (κ1) is 22.2. The third kappa shape index (κ3) is 4.84. The molecule has 1 saturated heterocycles. The summed E-state index contributed by atoms with van der Waals surface area (Å²) in [4.78, 5) is 39.7. The van der Waals surface area contributed by atoms with Gasteiger partial charge in [0.15, 0.2) is 0 Å². The number of esters is 1. The number of allylic oxidation sites excluding steroid dienone is 1. The van der Waals surface area contributed by atoms with Gasteiger partial charge in [0.25, 0.3) is 0 Å². The fourth-order valence-electron chi connectivity index (χ4n) is 3.70. The number of hydrogen-bond donors (Lipinski definition) is 2. The number of methoxy groups -OCH3 is 1. The Hall–Kier alpha value is -1.89. The minimum absolute atomic E-state index is 0.251. The predicted molar refractivity (Wildman–Crippen MR) is 100 cm³/mol. The third-order valence-electron chi connectivity index (χ3n) is 4.53. The maximum absolute atomic E-state index is 13.3. The first-order valence-corrected chi connectivity index (χ1v) is 9.06. The molecule has 1 aliphatic heterocycles. The summed E-state index contributed by atoms with van der Waals surface area (Å²) in [6.07, 6.45) is 2.89. The molecule has 1 rings (SSSR count). The van der Waals surface area contributed by atoms with E-state index in [4.69, 9.17) is 4.74 Å². The number of carbonyl (C=O) groups excluding carboxylic acids is 3. The van der Waals surface area contributed by atoms with Crippen molar-refractivity contribution >= 4 is 17.8 Å². The topological polar surface area (TPSA) is 87.7 Å². The van der Waals surface area contributed by atoms with Crippen LogP contribution >= 0.6 is 0 Å². The Balaban J connectivity index is 3.47. The van der Waals surface area contributed by atoms with Crippen molar-refractivity contribution in [3.8, 4) is 0 Å². The number of hydrogen-bond acceptors (Lipinski definition) is 5. The van der Waals surface area contributed by atoms with Crippen LogP contribution in [0.5, 0.6) is 0 Å². The van der Waals surface area contributed by atoms with E-state index in [9.17, 15) is 14.4 Å². The van der Waals surface area contributed by atoms with Gasteiger partial charge in [0.2, 0.25) is 11.8 Å². The first-order chi connectivity index (χ1) is 12.0. The molecule has 0 aromatic rings. The molecule has 1 aliphatic rings. The molecule has 0 spiro atoms. The van der Waals surface area contributed by atoms with Crippen molar-refractivity contribution < 1.29 is 19.1 Å². The molecule has 26 heavy (non-hydrogen) atoms. The lowest BCUT2D eigenvalue weighted by Crippen LogP contribution is -2.66. The van der Waals surface area contributed by atoms with Gasteiger partial charge in [-0.05, 0) is 40.2 Å².